The summed E-state index contributed by atoms with van der Waals surface area (Å²) in [5.74, 6) is 0.258. The van der Waals surface area contributed by atoms with E-state index in [1.54, 1.807) is 31.2 Å². The van der Waals surface area contributed by atoms with Gasteiger partial charge in [0.15, 0.2) is 0 Å². The van der Waals surface area contributed by atoms with E-state index in [0.717, 1.165) is 26.5 Å². The Morgan fingerprint density at radius 3 is 2.58 bits per heavy atom. The number of carbonyl (C=O) groups excluding carboxylic acids is 2. The zero-order valence-corrected chi connectivity index (χ0v) is 19.2. The van der Waals surface area contributed by atoms with Gasteiger partial charge in [0.1, 0.15) is 11.5 Å². The number of nitrogens with zero attached hydrogens (tertiary/aromatic N) is 2. The summed E-state index contributed by atoms with van der Waals surface area (Å²) in [4.78, 5) is 37.4. The molecule has 0 bridgehead atoms. The number of nitro benzene ring substituents is 1. The summed E-state index contributed by atoms with van der Waals surface area (Å²) in [5.41, 5.74) is 1.92. The van der Waals surface area contributed by atoms with Crippen LogP contribution >= 0.6 is 34.4 Å². The Morgan fingerprint density at radius 1 is 1.13 bits per heavy atom. The summed E-state index contributed by atoms with van der Waals surface area (Å²) < 4.78 is 6.80. The van der Waals surface area contributed by atoms with Gasteiger partial charge in [0, 0.05) is 15.7 Å². The van der Waals surface area contributed by atoms with Gasteiger partial charge in [-0.3, -0.25) is 24.6 Å². The third-order valence-electron chi connectivity index (χ3n) is 4.64. The number of halogens is 1. The quantitative estimate of drug-likeness (QED) is 0.169. The molecule has 0 atom stereocenters. The highest BCUT2D eigenvalue weighted by molar-refractivity contribution is 14.1. The van der Waals surface area contributed by atoms with Crippen LogP contribution in [0.2, 0.25) is 0 Å². The molecule has 1 aliphatic rings. The van der Waals surface area contributed by atoms with Gasteiger partial charge in [-0.15, -0.1) is 0 Å². The number of amides is 2. The second-order valence-corrected chi connectivity index (χ2v) is 9.11. The molecule has 0 spiro atoms. The molecule has 0 saturated carbocycles. The molecule has 7 nitrogen and oxygen atoms in total. The molecule has 0 radical (unpaired) electrons. The van der Waals surface area contributed by atoms with Crippen LogP contribution in [0.1, 0.15) is 16.9 Å². The van der Waals surface area contributed by atoms with E-state index in [-0.39, 0.29) is 22.4 Å². The minimum Gasteiger partial charge on any atom is -0.456 e. The van der Waals surface area contributed by atoms with E-state index >= 15 is 0 Å². The first-order valence-electron chi connectivity index (χ1n) is 9.17. The Hall–Kier alpha value is -2.92. The van der Waals surface area contributed by atoms with Crippen LogP contribution in [0.25, 0.3) is 17.4 Å². The zero-order chi connectivity index (χ0) is 22.1. The monoisotopic (exact) mass is 546 g/mol. The second-order valence-electron chi connectivity index (χ2n) is 6.87. The molecule has 156 valence electrons. The van der Waals surface area contributed by atoms with Crippen LogP contribution in [0.15, 0.2) is 63.9 Å². The maximum Gasteiger partial charge on any atom is 0.293 e. The fourth-order valence-electron chi connectivity index (χ4n) is 3.11. The zero-order valence-electron chi connectivity index (χ0n) is 16.2. The van der Waals surface area contributed by atoms with Gasteiger partial charge < -0.3 is 4.42 Å². The van der Waals surface area contributed by atoms with Crippen molar-refractivity contribution in [1.82, 2.24) is 4.90 Å². The van der Waals surface area contributed by atoms with E-state index in [0.29, 0.717) is 17.1 Å². The number of hydrogen-bond donors (Lipinski definition) is 0. The van der Waals surface area contributed by atoms with Crippen LogP contribution < -0.4 is 0 Å². The smallest absolute Gasteiger partial charge is 0.293 e. The minimum absolute atomic E-state index is 0.0567. The van der Waals surface area contributed by atoms with Crippen LogP contribution in [-0.4, -0.2) is 21.0 Å². The van der Waals surface area contributed by atoms with Gasteiger partial charge in [-0.05, 0) is 82.7 Å². The molecule has 3 aromatic rings. The average Bonchev–Trinajstić information content (AvgIpc) is 3.29. The lowest BCUT2D eigenvalue weighted by atomic mass is 10.1. The summed E-state index contributed by atoms with van der Waals surface area (Å²) in [6, 6.07) is 15.7. The Bertz CT molecular complexity index is 1230. The van der Waals surface area contributed by atoms with E-state index < -0.39 is 10.8 Å². The predicted molar refractivity (Wildman–Crippen MR) is 126 cm³/mol. The van der Waals surface area contributed by atoms with Crippen LogP contribution in [0, 0.1) is 20.6 Å². The van der Waals surface area contributed by atoms with Crippen molar-refractivity contribution >= 4 is 57.3 Å². The van der Waals surface area contributed by atoms with Gasteiger partial charge in [0.25, 0.3) is 16.8 Å². The highest BCUT2D eigenvalue weighted by atomic mass is 127. The molecule has 2 amide bonds. The van der Waals surface area contributed by atoms with Crippen LogP contribution in [-0.2, 0) is 11.3 Å². The molecular weight excluding hydrogens is 531 g/mol. The number of furan rings is 1. The van der Waals surface area contributed by atoms with Crippen molar-refractivity contribution in [2.24, 2.45) is 0 Å². The fourth-order valence-corrected chi connectivity index (χ4v) is 4.29. The van der Waals surface area contributed by atoms with Crippen molar-refractivity contribution in [2.75, 3.05) is 0 Å². The number of hydrogen-bond acceptors (Lipinski definition) is 6. The number of nitro groups is 1. The topological polar surface area (TPSA) is 93.7 Å². The Labute approximate surface area is 195 Å². The highest BCUT2D eigenvalue weighted by Crippen LogP contribution is 2.36. The molecule has 0 aliphatic carbocycles. The van der Waals surface area contributed by atoms with Gasteiger partial charge >= 0.3 is 0 Å². The number of imide groups is 1. The molecule has 31 heavy (non-hydrogen) atoms. The number of thioether (sulfide) groups is 1. The van der Waals surface area contributed by atoms with Gasteiger partial charge in [-0.25, -0.2) is 0 Å². The van der Waals surface area contributed by atoms with E-state index in [1.165, 1.54) is 17.0 Å². The second kappa shape index (κ2) is 8.67. The largest absolute Gasteiger partial charge is 0.456 e. The van der Waals surface area contributed by atoms with Crippen molar-refractivity contribution in [3.8, 4) is 11.3 Å². The van der Waals surface area contributed by atoms with Crippen LogP contribution in [0.4, 0.5) is 10.5 Å². The van der Waals surface area contributed by atoms with Crippen molar-refractivity contribution in [2.45, 2.75) is 13.5 Å². The van der Waals surface area contributed by atoms with E-state index in [2.05, 4.69) is 22.6 Å². The molecule has 9 heteroatoms. The highest BCUT2D eigenvalue weighted by Gasteiger charge is 2.35. The molecule has 0 N–H and O–H groups in total. The first kappa shape index (κ1) is 21.3. The molecule has 1 saturated heterocycles. The van der Waals surface area contributed by atoms with Crippen molar-refractivity contribution < 1.29 is 18.9 Å². The molecule has 2 aromatic carbocycles. The van der Waals surface area contributed by atoms with E-state index in [9.17, 15) is 19.7 Å². The molecular formula is C22H15IN2O5S. The summed E-state index contributed by atoms with van der Waals surface area (Å²) in [6.45, 7) is 1.97. The first-order valence-corrected chi connectivity index (χ1v) is 11.1. The third-order valence-corrected chi connectivity index (χ3v) is 6.27. The number of aryl methyl sites for hydroxylation is 1. The molecule has 1 aromatic heterocycles. The lowest BCUT2D eigenvalue weighted by molar-refractivity contribution is -0.384. The lowest BCUT2D eigenvalue weighted by Gasteiger charge is -2.12. The number of carbonyl (C=O) groups is 2. The SMILES string of the molecule is Cc1ccc(-c2ccc(/C=C3\SC(=O)N(Cc4ccc(I)cc4)C3=O)o2)c([N+](=O)[O-])c1. The Kier molecular flexibility index (Phi) is 5.96. The first-order chi connectivity index (χ1) is 14.8. The van der Waals surface area contributed by atoms with E-state index in [1.807, 2.05) is 24.3 Å². The third kappa shape index (κ3) is 4.57. The average molecular weight is 546 g/mol. The number of benzene rings is 2. The number of rotatable bonds is 5. The molecule has 1 fully saturated rings. The van der Waals surface area contributed by atoms with Gasteiger partial charge in [-0.2, -0.15) is 0 Å². The van der Waals surface area contributed by atoms with Crippen molar-refractivity contribution in [3.05, 3.63) is 90.1 Å². The Balaban J connectivity index is 1.57. The molecule has 4 rings (SSSR count). The summed E-state index contributed by atoms with van der Waals surface area (Å²) in [6.07, 6.45) is 1.49. The van der Waals surface area contributed by atoms with Crippen LogP contribution in [0.5, 0.6) is 0 Å². The summed E-state index contributed by atoms with van der Waals surface area (Å²) in [5, 5.41) is 11.0. The normalized spacial score (nSPS) is 15.2. The maximum absolute atomic E-state index is 12.7. The van der Waals surface area contributed by atoms with Crippen molar-refractivity contribution in [1.29, 1.82) is 0 Å². The van der Waals surface area contributed by atoms with Gasteiger partial charge in [-0.1, -0.05) is 18.2 Å². The van der Waals surface area contributed by atoms with E-state index in [4.69, 9.17) is 4.42 Å². The minimum atomic E-state index is -0.458. The van der Waals surface area contributed by atoms with Gasteiger partial charge in [0.05, 0.1) is 21.9 Å². The lowest BCUT2D eigenvalue weighted by Crippen LogP contribution is -2.27. The molecule has 2 heterocycles. The Morgan fingerprint density at radius 2 is 1.87 bits per heavy atom. The summed E-state index contributed by atoms with van der Waals surface area (Å²) >= 11 is 3.03. The van der Waals surface area contributed by atoms with Crippen LogP contribution in [0.3, 0.4) is 0 Å². The maximum atomic E-state index is 12.7. The summed E-state index contributed by atoms with van der Waals surface area (Å²) in [7, 11) is 0. The van der Waals surface area contributed by atoms with Gasteiger partial charge in [0.2, 0.25) is 0 Å². The molecule has 0 unspecified atom stereocenters. The standard InChI is InChI=1S/C22H15IN2O5S/c1-13-2-8-17(18(10-13)25(28)29)19-9-7-16(30-19)11-20-21(26)24(22(27)31-20)12-14-3-5-15(23)6-4-14/h2-11H,12H2,1H3/b20-11-. The predicted octanol–water partition coefficient (Wildman–Crippen LogP) is 6.00. The molecule has 1 aliphatic heterocycles. The van der Waals surface area contributed by atoms with Crippen molar-refractivity contribution in [3.63, 3.8) is 0 Å². The fraction of sp³-hybridized carbons (Fsp3) is 0.0909.